The lowest BCUT2D eigenvalue weighted by molar-refractivity contribution is 0.330. The van der Waals surface area contributed by atoms with Crippen molar-refractivity contribution < 1.29 is 4.74 Å². The van der Waals surface area contributed by atoms with Crippen molar-refractivity contribution in [1.82, 2.24) is 5.32 Å². The predicted octanol–water partition coefficient (Wildman–Crippen LogP) is 5.86. The average molecular weight is 356 g/mol. The van der Waals surface area contributed by atoms with E-state index in [0.717, 1.165) is 10.2 Å². The molecule has 1 aromatic carbocycles. The maximum atomic E-state index is 5.77. The molecule has 3 heteroatoms. The van der Waals surface area contributed by atoms with E-state index in [-0.39, 0.29) is 0 Å². The standard InChI is InChI=1S/C18H30BrNO/c1-4-6-7-8-9-10-11-17(20-3)16-14-15(19)12-13-18(16)21-5-2/h12-14,17,20H,4-11H2,1-3H3. The molecule has 120 valence electrons. The van der Waals surface area contributed by atoms with Crippen LogP contribution in [0, 0.1) is 0 Å². The molecule has 1 atom stereocenters. The van der Waals surface area contributed by atoms with E-state index in [1.165, 1.54) is 50.5 Å². The summed E-state index contributed by atoms with van der Waals surface area (Å²) >= 11 is 3.57. The van der Waals surface area contributed by atoms with Gasteiger partial charge >= 0.3 is 0 Å². The molecular formula is C18H30BrNO. The lowest BCUT2D eigenvalue weighted by atomic mass is 9.99. The van der Waals surface area contributed by atoms with Crippen LogP contribution in [0.5, 0.6) is 5.75 Å². The predicted molar refractivity (Wildman–Crippen MR) is 95.1 cm³/mol. The Kier molecular flexibility index (Phi) is 9.77. The number of nitrogens with one attached hydrogen (secondary N) is 1. The van der Waals surface area contributed by atoms with E-state index in [4.69, 9.17) is 4.74 Å². The fourth-order valence-corrected chi connectivity index (χ4v) is 3.04. The van der Waals surface area contributed by atoms with Crippen molar-refractivity contribution in [2.45, 2.75) is 64.8 Å². The van der Waals surface area contributed by atoms with Crippen LogP contribution >= 0.6 is 15.9 Å². The molecule has 1 rings (SSSR count). The molecule has 0 fully saturated rings. The fraction of sp³-hybridized carbons (Fsp3) is 0.667. The zero-order valence-electron chi connectivity index (χ0n) is 13.8. The Morgan fingerprint density at radius 2 is 1.81 bits per heavy atom. The Balaban J connectivity index is 2.56. The van der Waals surface area contributed by atoms with Gasteiger partial charge in [-0.15, -0.1) is 0 Å². The van der Waals surface area contributed by atoms with Gasteiger partial charge in [-0.1, -0.05) is 61.4 Å². The first-order valence-corrected chi connectivity index (χ1v) is 9.11. The van der Waals surface area contributed by atoms with Crippen LogP contribution in [0.3, 0.4) is 0 Å². The Labute approximate surface area is 138 Å². The van der Waals surface area contributed by atoms with Gasteiger partial charge in [-0.25, -0.2) is 0 Å². The van der Waals surface area contributed by atoms with Crippen molar-refractivity contribution in [2.75, 3.05) is 13.7 Å². The molecule has 0 spiro atoms. The van der Waals surface area contributed by atoms with E-state index in [2.05, 4.69) is 40.3 Å². The molecule has 1 aromatic rings. The summed E-state index contributed by atoms with van der Waals surface area (Å²) in [5.74, 6) is 1.01. The van der Waals surface area contributed by atoms with E-state index in [9.17, 15) is 0 Å². The molecule has 1 N–H and O–H groups in total. The van der Waals surface area contributed by atoms with Gasteiger partial charge in [-0.2, -0.15) is 0 Å². The first kappa shape index (κ1) is 18.5. The van der Waals surface area contributed by atoms with Gasteiger partial charge in [0.2, 0.25) is 0 Å². The van der Waals surface area contributed by atoms with Gasteiger partial charge in [0.1, 0.15) is 5.75 Å². The zero-order valence-corrected chi connectivity index (χ0v) is 15.3. The summed E-state index contributed by atoms with van der Waals surface area (Å²) in [6.45, 7) is 5.01. The Morgan fingerprint density at radius 1 is 1.10 bits per heavy atom. The summed E-state index contributed by atoms with van der Waals surface area (Å²) in [5, 5.41) is 3.45. The number of benzene rings is 1. The second-order valence-electron chi connectivity index (χ2n) is 5.51. The van der Waals surface area contributed by atoms with Gasteiger partial charge in [-0.05, 0) is 38.6 Å². The number of halogens is 1. The maximum Gasteiger partial charge on any atom is 0.124 e. The highest BCUT2D eigenvalue weighted by molar-refractivity contribution is 9.10. The minimum atomic E-state index is 0.371. The van der Waals surface area contributed by atoms with Gasteiger partial charge < -0.3 is 10.1 Å². The Morgan fingerprint density at radius 3 is 2.48 bits per heavy atom. The van der Waals surface area contributed by atoms with Crippen LogP contribution in [0.15, 0.2) is 22.7 Å². The number of hydrogen-bond acceptors (Lipinski definition) is 2. The molecule has 0 aliphatic carbocycles. The molecule has 2 nitrogen and oxygen atoms in total. The molecular weight excluding hydrogens is 326 g/mol. The van der Waals surface area contributed by atoms with Crippen LogP contribution in [0.2, 0.25) is 0 Å². The van der Waals surface area contributed by atoms with Gasteiger partial charge in [0, 0.05) is 16.1 Å². The quantitative estimate of drug-likeness (QED) is 0.502. The lowest BCUT2D eigenvalue weighted by Gasteiger charge is -2.20. The monoisotopic (exact) mass is 355 g/mol. The van der Waals surface area contributed by atoms with E-state index in [0.29, 0.717) is 12.6 Å². The molecule has 0 saturated carbocycles. The van der Waals surface area contributed by atoms with Crippen molar-refractivity contribution in [3.05, 3.63) is 28.2 Å². The molecule has 21 heavy (non-hydrogen) atoms. The molecule has 0 aromatic heterocycles. The van der Waals surface area contributed by atoms with Crippen molar-refractivity contribution in [1.29, 1.82) is 0 Å². The topological polar surface area (TPSA) is 21.3 Å². The molecule has 0 heterocycles. The highest BCUT2D eigenvalue weighted by Crippen LogP contribution is 2.31. The number of ether oxygens (including phenoxy) is 1. The van der Waals surface area contributed by atoms with Crippen LogP contribution in [-0.4, -0.2) is 13.7 Å². The van der Waals surface area contributed by atoms with Crippen LogP contribution in [0.25, 0.3) is 0 Å². The largest absolute Gasteiger partial charge is 0.494 e. The molecule has 0 saturated heterocycles. The SMILES string of the molecule is CCCCCCCCC(NC)c1cc(Br)ccc1OCC. The first-order chi connectivity index (χ1) is 10.2. The third-order valence-corrected chi connectivity index (χ3v) is 4.34. The van der Waals surface area contributed by atoms with Crippen LogP contribution in [0.1, 0.15) is 70.4 Å². The molecule has 1 unspecified atom stereocenters. The third kappa shape index (κ3) is 6.84. The minimum Gasteiger partial charge on any atom is -0.494 e. The summed E-state index contributed by atoms with van der Waals surface area (Å²) in [5.41, 5.74) is 1.27. The van der Waals surface area contributed by atoms with E-state index >= 15 is 0 Å². The Bertz CT molecular complexity index is 395. The Hall–Kier alpha value is -0.540. The van der Waals surface area contributed by atoms with Gasteiger partial charge in [0.05, 0.1) is 6.61 Å². The maximum absolute atomic E-state index is 5.77. The second-order valence-corrected chi connectivity index (χ2v) is 6.43. The van der Waals surface area contributed by atoms with Crippen LogP contribution < -0.4 is 10.1 Å². The van der Waals surface area contributed by atoms with E-state index in [1.807, 2.05) is 20.0 Å². The van der Waals surface area contributed by atoms with Crippen molar-refractivity contribution in [2.24, 2.45) is 0 Å². The summed E-state index contributed by atoms with van der Waals surface area (Å²) in [6.07, 6.45) is 9.19. The summed E-state index contributed by atoms with van der Waals surface area (Å²) in [7, 11) is 2.04. The molecule has 0 radical (unpaired) electrons. The van der Waals surface area contributed by atoms with Crippen molar-refractivity contribution in [3.8, 4) is 5.75 Å². The van der Waals surface area contributed by atoms with E-state index < -0.39 is 0 Å². The highest BCUT2D eigenvalue weighted by atomic mass is 79.9. The first-order valence-electron chi connectivity index (χ1n) is 8.32. The van der Waals surface area contributed by atoms with Crippen LogP contribution in [-0.2, 0) is 0 Å². The average Bonchev–Trinajstić information content (AvgIpc) is 2.49. The smallest absolute Gasteiger partial charge is 0.124 e. The summed E-state index contributed by atoms with van der Waals surface area (Å²) < 4.78 is 6.89. The summed E-state index contributed by atoms with van der Waals surface area (Å²) in [4.78, 5) is 0. The van der Waals surface area contributed by atoms with Crippen molar-refractivity contribution >= 4 is 15.9 Å². The highest BCUT2D eigenvalue weighted by Gasteiger charge is 2.14. The molecule has 0 amide bonds. The van der Waals surface area contributed by atoms with Gasteiger partial charge in [-0.3, -0.25) is 0 Å². The summed E-state index contributed by atoms with van der Waals surface area (Å²) in [6, 6.07) is 6.67. The van der Waals surface area contributed by atoms with Gasteiger partial charge in [0.25, 0.3) is 0 Å². The zero-order chi connectivity index (χ0) is 15.5. The molecule has 0 aliphatic rings. The minimum absolute atomic E-state index is 0.371. The van der Waals surface area contributed by atoms with Crippen molar-refractivity contribution in [3.63, 3.8) is 0 Å². The van der Waals surface area contributed by atoms with Gasteiger partial charge in [0.15, 0.2) is 0 Å². The second kappa shape index (κ2) is 11.1. The lowest BCUT2D eigenvalue weighted by Crippen LogP contribution is -2.17. The third-order valence-electron chi connectivity index (χ3n) is 3.84. The molecule has 0 bridgehead atoms. The van der Waals surface area contributed by atoms with E-state index in [1.54, 1.807) is 0 Å². The number of unbranched alkanes of at least 4 members (excludes halogenated alkanes) is 5. The number of rotatable bonds is 11. The molecule has 0 aliphatic heterocycles. The number of hydrogen-bond donors (Lipinski definition) is 1. The normalized spacial score (nSPS) is 12.4. The fourth-order valence-electron chi connectivity index (χ4n) is 2.66. The van der Waals surface area contributed by atoms with Crippen LogP contribution in [0.4, 0.5) is 0 Å².